The van der Waals surface area contributed by atoms with Crippen molar-refractivity contribution in [1.29, 1.82) is 0 Å². The van der Waals surface area contributed by atoms with E-state index in [0.717, 1.165) is 6.54 Å². The molecule has 1 heterocycles. The van der Waals surface area contributed by atoms with Crippen LogP contribution in [0.2, 0.25) is 0 Å². The van der Waals surface area contributed by atoms with Crippen molar-refractivity contribution in [2.45, 2.75) is 5.60 Å². The Hall–Kier alpha value is -0.450. The lowest BCUT2D eigenvalue weighted by molar-refractivity contribution is -0.141. The lowest BCUT2D eigenvalue weighted by atomic mass is 10.1. The van der Waals surface area contributed by atoms with Gasteiger partial charge in [0.2, 0.25) is 0 Å². The summed E-state index contributed by atoms with van der Waals surface area (Å²) in [5, 5.41) is 11.7. The molecular weight excluding hydrogens is 134 g/mol. The maximum atomic E-state index is 10.4. The highest BCUT2D eigenvalue weighted by Gasteiger charge is 2.31. The molecule has 1 rings (SSSR count). The second kappa shape index (κ2) is 3.09. The molecule has 1 saturated heterocycles. The first-order chi connectivity index (χ1) is 4.83. The molecule has 0 saturated carbocycles. The Balaban J connectivity index is 2.52. The van der Waals surface area contributed by atoms with Gasteiger partial charge in [-0.3, -0.25) is 4.79 Å². The van der Waals surface area contributed by atoms with Crippen molar-refractivity contribution in [1.82, 2.24) is 5.32 Å². The normalized spacial score (nSPS) is 33.7. The Bertz CT molecular complexity index is 120. The first-order valence-corrected chi connectivity index (χ1v) is 3.25. The van der Waals surface area contributed by atoms with Gasteiger partial charge in [0.1, 0.15) is 0 Å². The minimum Gasteiger partial charge on any atom is -0.393 e. The maximum absolute atomic E-state index is 10.4. The highest BCUT2D eigenvalue weighted by atomic mass is 16.5. The number of hydrogen-bond acceptors (Lipinski definition) is 4. The molecule has 1 unspecified atom stereocenters. The number of rotatable bonds is 2. The average molecular weight is 145 g/mol. The Labute approximate surface area is 59.2 Å². The van der Waals surface area contributed by atoms with Gasteiger partial charge in [0, 0.05) is 13.1 Å². The predicted octanol–water partition coefficient (Wildman–Crippen LogP) is -1.46. The molecule has 1 atom stereocenters. The topological polar surface area (TPSA) is 58.6 Å². The first-order valence-electron chi connectivity index (χ1n) is 3.25. The summed E-state index contributed by atoms with van der Waals surface area (Å²) in [4.78, 5) is 10.4. The van der Waals surface area contributed by atoms with E-state index in [1.54, 1.807) is 0 Å². The molecular formula is C6H11NO3. The molecule has 0 bridgehead atoms. The summed E-state index contributed by atoms with van der Waals surface area (Å²) in [6.07, 6.45) is 0.652. The smallest absolute Gasteiger partial charge is 0.158 e. The molecule has 0 aromatic rings. The van der Waals surface area contributed by atoms with Crippen LogP contribution in [-0.4, -0.2) is 43.3 Å². The zero-order valence-corrected chi connectivity index (χ0v) is 5.67. The third kappa shape index (κ3) is 1.34. The van der Waals surface area contributed by atoms with E-state index in [1.165, 1.54) is 0 Å². The van der Waals surface area contributed by atoms with E-state index in [2.05, 4.69) is 5.32 Å². The molecule has 4 heteroatoms. The maximum Gasteiger partial charge on any atom is 0.158 e. The predicted molar refractivity (Wildman–Crippen MR) is 34.7 cm³/mol. The quantitative estimate of drug-likeness (QED) is 0.466. The van der Waals surface area contributed by atoms with E-state index in [1.807, 2.05) is 0 Å². The van der Waals surface area contributed by atoms with Crippen molar-refractivity contribution in [3.05, 3.63) is 0 Å². The second-order valence-corrected chi connectivity index (χ2v) is 2.37. The third-order valence-electron chi connectivity index (χ3n) is 1.58. The summed E-state index contributed by atoms with van der Waals surface area (Å²) in [7, 11) is 0. The van der Waals surface area contributed by atoms with Crippen molar-refractivity contribution in [2.24, 2.45) is 0 Å². The van der Waals surface area contributed by atoms with E-state index < -0.39 is 5.60 Å². The van der Waals surface area contributed by atoms with Crippen LogP contribution in [0.1, 0.15) is 0 Å². The zero-order chi connectivity index (χ0) is 7.45. The first kappa shape index (κ1) is 7.65. The van der Waals surface area contributed by atoms with Gasteiger partial charge in [0.05, 0.1) is 13.2 Å². The standard InChI is InChI=1S/C6H11NO3/c8-4-6(5-9)3-7-1-2-10-6/h4,7,9H,1-3,5H2. The van der Waals surface area contributed by atoms with Crippen LogP contribution < -0.4 is 5.32 Å². The molecule has 1 fully saturated rings. The summed E-state index contributed by atoms with van der Waals surface area (Å²) in [6.45, 7) is 1.39. The Morgan fingerprint density at radius 1 is 1.80 bits per heavy atom. The van der Waals surface area contributed by atoms with Gasteiger partial charge in [-0.2, -0.15) is 0 Å². The molecule has 1 aliphatic rings. The van der Waals surface area contributed by atoms with E-state index in [-0.39, 0.29) is 6.61 Å². The lowest BCUT2D eigenvalue weighted by Gasteiger charge is -2.30. The highest BCUT2D eigenvalue weighted by molar-refractivity contribution is 5.63. The molecule has 1 aliphatic heterocycles. The van der Waals surface area contributed by atoms with Gasteiger partial charge in [-0.15, -0.1) is 0 Å². The monoisotopic (exact) mass is 145 g/mol. The van der Waals surface area contributed by atoms with E-state index in [4.69, 9.17) is 9.84 Å². The van der Waals surface area contributed by atoms with Gasteiger partial charge in [0.25, 0.3) is 0 Å². The number of aliphatic hydroxyl groups is 1. The molecule has 0 amide bonds. The highest BCUT2D eigenvalue weighted by Crippen LogP contribution is 2.08. The molecule has 58 valence electrons. The van der Waals surface area contributed by atoms with Crippen molar-refractivity contribution in [3.63, 3.8) is 0 Å². The minimum absolute atomic E-state index is 0.247. The lowest BCUT2D eigenvalue weighted by Crippen LogP contribution is -2.53. The van der Waals surface area contributed by atoms with Crippen molar-refractivity contribution >= 4 is 6.29 Å². The third-order valence-corrected chi connectivity index (χ3v) is 1.58. The Kier molecular flexibility index (Phi) is 2.37. The Morgan fingerprint density at radius 2 is 2.60 bits per heavy atom. The number of aldehydes is 1. The summed E-state index contributed by atoms with van der Waals surface area (Å²) in [6, 6.07) is 0. The van der Waals surface area contributed by atoms with Crippen LogP contribution in [0.25, 0.3) is 0 Å². The van der Waals surface area contributed by atoms with Crippen LogP contribution in [0.4, 0.5) is 0 Å². The zero-order valence-electron chi connectivity index (χ0n) is 5.67. The molecule has 4 nitrogen and oxygen atoms in total. The van der Waals surface area contributed by atoms with E-state index >= 15 is 0 Å². The molecule has 0 aliphatic carbocycles. The summed E-state index contributed by atoms with van der Waals surface area (Å²) >= 11 is 0. The summed E-state index contributed by atoms with van der Waals surface area (Å²) in [5.74, 6) is 0. The fourth-order valence-electron chi connectivity index (χ4n) is 0.892. The van der Waals surface area contributed by atoms with E-state index in [9.17, 15) is 4.79 Å². The fourth-order valence-corrected chi connectivity index (χ4v) is 0.892. The molecule has 2 N–H and O–H groups in total. The van der Waals surface area contributed by atoms with Gasteiger partial charge in [-0.1, -0.05) is 0 Å². The number of carbonyl (C=O) groups excluding carboxylic acids is 1. The number of morpholine rings is 1. The molecule has 0 radical (unpaired) electrons. The SMILES string of the molecule is O=CC1(CO)CNCCO1. The largest absolute Gasteiger partial charge is 0.393 e. The van der Waals surface area contributed by atoms with E-state index in [0.29, 0.717) is 19.4 Å². The van der Waals surface area contributed by atoms with Gasteiger partial charge < -0.3 is 15.2 Å². The summed E-state index contributed by atoms with van der Waals surface area (Å²) in [5.41, 5.74) is -0.974. The summed E-state index contributed by atoms with van der Waals surface area (Å²) < 4.78 is 5.08. The Morgan fingerprint density at radius 3 is 2.90 bits per heavy atom. The minimum atomic E-state index is -0.974. The average Bonchev–Trinajstić information content (AvgIpc) is 2.06. The molecule has 10 heavy (non-hydrogen) atoms. The van der Waals surface area contributed by atoms with Crippen LogP contribution in [-0.2, 0) is 9.53 Å². The van der Waals surface area contributed by atoms with Gasteiger partial charge in [-0.05, 0) is 0 Å². The van der Waals surface area contributed by atoms with Crippen LogP contribution in [0.15, 0.2) is 0 Å². The van der Waals surface area contributed by atoms with Gasteiger partial charge in [-0.25, -0.2) is 0 Å². The van der Waals surface area contributed by atoms with Crippen LogP contribution in [0.3, 0.4) is 0 Å². The number of carbonyl (C=O) groups is 1. The fraction of sp³-hybridized carbons (Fsp3) is 0.833. The number of ether oxygens (including phenoxy) is 1. The second-order valence-electron chi connectivity index (χ2n) is 2.37. The molecule has 0 aromatic heterocycles. The van der Waals surface area contributed by atoms with Crippen LogP contribution in [0.5, 0.6) is 0 Å². The number of aliphatic hydroxyl groups excluding tert-OH is 1. The van der Waals surface area contributed by atoms with Gasteiger partial charge in [0.15, 0.2) is 11.9 Å². The molecule has 0 spiro atoms. The number of nitrogens with one attached hydrogen (secondary N) is 1. The van der Waals surface area contributed by atoms with Crippen LogP contribution in [0, 0.1) is 0 Å². The van der Waals surface area contributed by atoms with Crippen LogP contribution >= 0.6 is 0 Å². The van der Waals surface area contributed by atoms with Crippen molar-refractivity contribution < 1.29 is 14.6 Å². The van der Waals surface area contributed by atoms with Gasteiger partial charge >= 0.3 is 0 Å². The molecule has 0 aromatic carbocycles. The van der Waals surface area contributed by atoms with Crippen molar-refractivity contribution in [3.8, 4) is 0 Å². The number of hydrogen-bond donors (Lipinski definition) is 2. The van der Waals surface area contributed by atoms with Crippen molar-refractivity contribution in [2.75, 3.05) is 26.3 Å².